The van der Waals surface area contributed by atoms with Gasteiger partial charge in [-0.25, -0.2) is 4.79 Å². The van der Waals surface area contributed by atoms with Gasteiger partial charge in [0.2, 0.25) is 5.76 Å². The summed E-state index contributed by atoms with van der Waals surface area (Å²) in [6, 6.07) is 7.66. The van der Waals surface area contributed by atoms with Crippen LogP contribution in [0.15, 0.2) is 28.7 Å². The summed E-state index contributed by atoms with van der Waals surface area (Å²) in [5, 5.41) is 0.827. The van der Waals surface area contributed by atoms with E-state index in [1.54, 1.807) is 6.07 Å². The van der Waals surface area contributed by atoms with Crippen LogP contribution in [-0.2, 0) is 20.9 Å². The summed E-state index contributed by atoms with van der Waals surface area (Å²) in [6.45, 7) is 9.95. The highest BCUT2D eigenvalue weighted by Gasteiger charge is 2.51. The van der Waals surface area contributed by atoms with Gasteiger partial charge in [-0.15, -0.1) is 0 Å². The summed E-state index contributed by atoms with van der Waals surface area (Å²) in [5.41, 5.74) is 1.64. The monoisotopic (exact) mass is 413 g/mol. The number of hydrogen-bond donors (Lipinski definition) is 0. The van der Waals surface area contributed by atoms with Crippen molar-refractivity contribution in [3.63, 3.8) is 0 Å². The van der Waals surface area contributed by atoms with Crippen LogP contribution < -0.4 is 0 Å². The van der Waals surface area contributed by atoms with E-state index >= 15 is 0 Å². The lowest BCUT2D eigenvalue weighted by Gasteiger charge is -2.39. The number of hydrogen-bond acceptors (Lipinski definition) is 5. The molecule has 1 aliphatic carbocycles. The molecule has 1 aliphatic heterocycles. The molecule has 0 spiro atoms. The van der Waals surface area contributed by atoms with E-state index < -0.39 is 5.97 Å². The molecule has 6 nitrogen and oxygen atoms in total. The van der Waals surface area contributed by atoms with Gasteiger partial charge in [0.1, 0.15) is 5.58 Å². The maximum atomic E-state index is 12.9. The van der Waals surface area contributed by atoms with E-state index in [-0.39, 0.29) is 41.8 Å². The minimum atomic E-state index is -0.622. The van der Waals surface area contributed by atoms with Crippen molar-refractivity contribution in [1.82, 2.24) is 4.90 Å². The maximum absolute atomic E-state index is 12.9. The minimum Gasteiger partial charge on any atom is -0.450 e. The summed E-state index contributed by atoms with van der Waals surface area (Å²) < 4.78 is 16.7. The van der Waals surface area contributed by atoms with Crippen LogP contribution in [0.4, 0.5) is 0 Å². The Hall–Kier alpha value is -2.34. The van der Waals surface area contributed by atoms with E-state index in [1.165, 1.54) is 0 Å². The predicted molar refractivity (Wildman–Crippen MR) is 113 cm³/mol. The van der Waals surface area contributed by atoms with Crippen LogP contribution in [0.3, 0.4) is 0 Å². The molecule has 2 aliphatic rings. The van der Waals surface area contributed by atoms with E-state index in [2.05, 4.69) is 20.8 Å². The predicted octanol–water partition coefficient (Wildman–Crippen LogP) is 4.55. The first kappa shape index (κ1) is 20.9. The molecule has 2 fully saturated rings. The number of furan rings is 1. The Morgan fingerprint density at radius 3 is 2.73 bits per heavy atom. The third-order valence-corrected chi connectivity index (χ3v) is 6.40. The Balaban J connectivity index is 1.46. The second kappa shape index (κ2) is 7.73. The molecule has 1 aromatic carbocycles. The van der Waals surface area contributed by atoms with Crippen molar-refractivity contribution >= 4 is 22.8 Å². The molecule has 162 valence electrons. The first-order chi connectivity index (χ1) is 14.2. The van der Waals surface area contributed by atoms with E-state index in [0.717, 1.165) is 31.2 Å². The van der Waals surface area contributed by atoms with Crippen LogP contribution in [-0.4, -0.2) is 42.6 Å². The Labute approximate surface area is 177 Å². The number of para-hydroxylation sites is 1. The minimum absolute atomic E-state index is 0.116. The molecule has 2 bridgehead atoms. The number of likely N-dealkylation sites (tertiary alicyclic amines) is 1. The molecule has 1 saturated heterocycles. The van der Waals surface area contributed by atoms with Crippen molar-refractivity contribution < 1.29 is 23.5 Å². The quantitative estimate of drug-likeness (QED) is 0.650. The van der Waals surface area contributed by atoms with Gasteiger partial charge in [-0.1, -0.05) is 39.0 Å². The molecule has 0 unspecified atom stereocenters. The molecule has 2 heterocycles. The summed E-state index contributed by atoms with van der Waals surface area (Å²) in [4.78, 5) is 27.6. The van der Waals surface area contributed by atoms with Crippen LogP contribution >= 0.6 is 0 Å². The molecular weight excluding hydrogens is 382 g/mol. The molecule has 1 saturated carbocycles. The van der Waals surface area contributed by atoms with E-state index in [9.17, 15) is 9.59 Å². The molecule has 30 heavy (non-hydrogen) atoms. The zero-order valence-electron chi connectivity index (χ0n) is 18.3. The Morgan fingerprint density at radius 1 is 1.20 bits per heavy atom. The lowest BCUT2D eigenvalue weighted by molar-refractivity contribution is -0.135. The van der Waals surface area contributed by atoms with E-state index in [1.807, 2.05) is 30.0 Å². The number of nitrogens with zero attached hydrogens (tertiary/aromatic N) is 1. The average molecular weight is 414 g/mol. The van der Waals surface area contributed by atoms with Gasteiger partial charge in [-0.05, 0) is 43.1 Å². The maximum Gasteiger partial charge on any atom is 0.375 e. The Morgan fingerprint density at radius 2 is 1.97 bits per heavy atom. The van der Waals surface area contributed by atoms with Gasteiger partial charge < -0.3 is 18.8 Å². The standard InChI is InChI=1S/C24H31NO5/c1-5-28-12-18-17-8-6-7-9-19(17)30-21(18)22(27)29-13-20(26)25-15-24(4)11-16(25)10-23(2,3)14-24/h6-9,16H,5,10-15H2,1-4H3/t16-,24-/m0/s1. The molecule has 1 amide bonds. The largest absolute Gasteiger partial charge is 0.450 e. The number of carbonyl (C=O) groups excluding carboxylic acids is 2. The molecule has 2 atom stereocenters. The number of ether oxygens (including phenoxy) is 2. The highest BCUT2D eigenvalue weighted by atomic mass is 16.5. The smallest absolute Gasteiger partial charge is 0.375 e. The lowest BCUT2D eigenvalue weighted by Crippen LogP contribution is -2.39. The first-order valence-corrected chi connectivity index (χ1v) is 10.8. The highest BCUT2D eigenvalue weighted by molar-refractivity contribution is 5.96. The molecule has 0 radical (unpaired) electrons. The van der Waals surface area contributed by atoms with Crippen LogP contribution in [0, 0.1) is 10.8 Å². The zero-order valence-corrected chi connectivity index (χ0v) is 18.3. The topological polar surface area (TPSA) is 69.0 Å². The number of amides is 1. The summed E-state index contributed by atoms with van der Waals surface area (Å²) in [6.07, 6.45) is 3.13. The molecule has 0 N–H and O–H groups in total. The van der Waals surface area contributed by atoms with Crippen molar-refractivity contribution in [2.75, 3.05) is 19.8 Å². The van der Waals surface area contributed by atoms with Crippen molar-refractivity contribution in [2.24, 2.45) is 10.8 Å². The second-order valence-electron chi connectivity index (χ2n) is 9.85. The van der Waals surface area contributed by atoms with Gasteiger partial charge in [0.05, 0.1) is 6.61 Å². The number of rotatable bonds is 6. The Bertz CT molecular complexity index is 962. The van der Waals surface area contributed by atoms with Crippen LogP contribution in [0.2, 0.25) is 0 Å². The third kappa shape index (κ3) is 3.97. The number of fused-ring (bicyclic) bond motifs is 3. The Kier molecular flexibility index (Phi) is 5.39. The van der Waals surface area contributed by atoms with Crippen LogP contribution in [0.1, 0.15) is 63.1 Å². The van der Waals surface area contributed by atoms with Gasteiger partial charge in [-0.2, -0.15) is 0 Å². The van der Waals surface area contributed by atoms with Crippen LogP contribution in [0.5, 0.6) is 0 Å². The molecule has 1 aromatic heterocycles. The number of carbonyl (C=O) groups is 2. The zero-order chi connectivity index (χ0) is 21.5. The van der Waals surface area contributed by atoms with Gasteiger partial charge in [0.15, 0.2) is 6.61 Å². The molecule has 2 aromatic rings. The van der Waals surface area contributed by atoms with E-state index in [0.29, 0.717) is 17.8 Å². The van der Waals surface area contributed by atoms with E-state index in [4.69, 9.17) is 13.9 Å². The third-order valence-electron chi connectivity index (χ3n) is 6.40. The molecular formula is C24H31NO5. The fourth-order valence-electron chi connectivity index (χ4n) is 5.64. The molecule has 6 heteroatoms. The average Bonchev–Trinajstić information content (AvgIpc) is 3.17. The summed E-state index contributed by atoms with van der Waals surface area (Å²) >= 11 is 0. The van der Waals surface area contributed by atoms with Gasteiger partial charge in [0.25, 0.3) is 5.91 Å². The fraction of sp³-hybridized carbons (Fsp3) is 0.583. The van der Waals surface area contributed by atoms with Crippen molar-refractivity contribution in [3.8, 4) is 0 Å². The normalized spacial score (nSPS) is 24.9. The van der Waals surface area contributed by atoms with Gasteiger partial charge in [-0.3, -0.25) is 4.79 Å². The van der Waals surface area contributed by atoms with Crippen molar-refractivity contribution in [1.29, 1.82) is 0 Å². The summed E-state index contributed by atoms with van der Waals surface area (Å²) in [5.74, 6) is -0.633. The fourth-order valence-corrected chi connectivity index (χ4v) is 5.64. The SMILES string of the molecule is CCOCc1c(C(=O)OCC(=O)N2C[C@@]3(C)C[C@@H]2CC(C)(C)C3)oc2ccccc12. The number of esters is 1. The highest BCUT2D eigenvalue weighted by Crippen LogP contribution is 2.52. The number of benzene rings is 1. The van der Waals surface area contributed by atoms with Gasteiger partial charge >= 0.3 is 5.97 Å². The first-order valence-electron chi connectivity index (χ1n) is 10.8. The summed E-state index contributed by atoms with van der Waals surface area (Å²) in [7, 11) is 0. The van der Waals surface area contributed by atoms with Crippen molar-refractivity contribution in [2.45, 2.75) is 59.6 Å². The second-order valence-corrected chi connectivity index (χ2v) is 9.85. The van der Waals surface area contributed by atoms with Crippen molar-refractivity contribution in [3.05, 3.63) is 35.6 Å². The molecule has 4 rings (SSSR count). The van der Waals surface area contributed by atoms with Gasteiger partial charge in [0, 0.05) is 30.1 Å². The lowest BCUT2D eigenvalue weighted by atomic mass is 9.65. The van der Waals surface area contributed by atoms with Crippen LogP contribution in [0.25, 0.3) is 11.0 Å².